The van der Waals surface area contributed by atoms with E-state index in [1.54, 1.807) is 4.90 Å². The molecule has 0 aliphatic heterocycles. The second-order valence-corrected chi connectivity index (χ2v) is 6.82. The molecule has 5 heteroatoms. The van der Waals surface area contributed by atoms with Gasteiger partial charge in [-0.25, -0.2) is 0 Å². The first-order chi connectivity index (χ1) is 12.2. The van der Waals surface area contributed by atoms with E-state index in [0.717, 1.165) is 22.5 Å². The minimum Gasteiger partial charge on any atom is -0.342 e. The summed E-state index contributed by atoms with van der Waals surface area (Å²) < 4.78 is 4.26. The Morgan fingerprint density at radius 1 is 1.24 bits per heavy atom. The second-order valence-electron chi connectivity index (χ2n) is 6.82. The van der Waals surface area contributed by atoms with E-state index >= 15 is 0 Å². The molecule has 1 fully saturated rings. The van der Waals surface area contributed by atoms with Crippen LogP contribution in [0, 0.1) is 0 Å². The fraction of sp³-hybridized carbons (Fsp3) is 0.400. The number of amides is 1. The Hall–Kier alpha value is -2.56. The normalized spacial score (nSPS) is 15.1. The quantitative estimate of drug-likeness (QED) is 0.722. The summed E-state index contributed by atoms with van der Waals surface area (Å²) in [5.41, 5.74) is 3.82. The molecule has 1 aliphatic rings. The van der Waals surface area contributed by atoms with E-state index in [2.05, 4.69) is 20.2 Å². The number of nitrogens with zero attached hydrogens (tertiary/aromatic N) is 4. The van der Waals surface area contributed by atoms with Crippen LogP contribution in [0.3, 0.4) is 0 Å². The van der Waals surface area contributed by atoms with Gasteiger partial charge in [0.1, 0.15) is 0 Å². The van der Waals surface area contributed by atoms with E-state index in [0.29, 0.717) is 12.6 Å². The Morgan fingerprint density at radius 2 is 2.04 bits per heavy atom. The Labute approximate surface area is 147 Å². The van der Waals surface area contributed by atoms with Crippen molar-refractivity contribution in [3.8, 4) is 11.4 Å². The first kappa shape index (κ1) is 15.9. The van der Waals surface area contributed by atoms with E-state index < -0.39 is 0 Å². The van der Waals surface area contributed by atoms with Crippen molar-refractivity contribution in [2.24, 2.45) is 0 Å². The molecule has 0 radical (unpaired) electrons. The minimum atomic E-state index is 0.0596. The van der Waals surface area contributed by atoms with Crippen LogP contribution < -0.4 is 0 Å². The summed E-state index contributed by atoms with van der Waals surface area (Å²) in [6.07, 6.45) is 8.80. The number of pyridine rings is 1. The van der Waals surface area contributed by atoms with Crippen molar-refractivity contribution in [1.29, 1.82) is 0 Å². The standard InChI is InChI=1S/C20H24N4O/c1-3-22(2)20(25)16-14-19(23-13-7-6-10-17(16)23)18-11-12-21-24(18)15-8-4-5-9-15/h6-7,10-15H,3-5,8-9H2,1-2H3. The van der Waals surface area contributed by atoms with Gasteiger partial charge < -0.3 is 9.30 Å². The van der Waals surface area contributed by atoms with E-state index in [9.17, 15) is 4.79 Å². The predicted octanol–water partition coefficient (Wildman–Crippen LogP) is 4.01. The van der Waals surface area contributed by atoms with Crippen molar-refractivity contribution in [3.63, 3.8) is 0 Å². The van der Waals surface area contributed by atoms with Gasteiger partial charge in [0.15, 0.2) is 0 Å². The monoisotopic (exact) mass is 336 g/mol. The van der Waals surface area contributed by atoms with Gasteiger partial charge >= 0.3 is 0 Å². The first-order valence-corrected chi connectivity index (χ1v) is 9.10. The molecule has 0 bridgehead atoms. The molecule has 5 nitrogen and oxygen atoms in total. The summed E-state index contributed by atoms with van der Waals surface area (Å²) >= 11 is 0. The summed E-state index contributed by atoms with van der Waals surface area (Å²) in [5, 5.41) is 4.59. The molecule has 3 aromatic heterocycles. The summed E-state index contributed by atoms with van der Waals surface area (Å²) in [5.74, 6) is 0.0596. The topological polar surface area (TPSA) is 42.5 Å². The molecule has 0 N–H and O–H groups in total. The molecule has 1 aliphatic carbocycles. The van der Waals surface area contributed by atoms with E-state index in [1.807, 2.05) is 50.6 Å². The number of aromatic nitrogens is 3. The maximum Gasteiger partial charge on any atom is 0.255 e. The number of rotatable bonds is 4. The number of fused-ring (bicyclic) bond motifs is 1. The van der Waals surface area contributed by atoms with Gasteiger partial charge in [-0.05, 0) is 44.0 Å². The molecular formula is C20H24N4O. The molecule has 0 atom stereocenters. The van der Waals surface area contributed by atoms with Gasteiger partial charge in [-0.3, -0.25) is 9.48 Å². The molecule has 1 saturated carbocycles. The smallest absolute Gasteiger partial charge is 0.255 e. The molecule has 4 rings (SSSR count). The molecule has 0 saturated heterocycles. The second kappa shape index (κ2) is 6.39. The van der Waals surface area contributed by atoms with Crippen LogP contribution in [-0.2, 0) is 0 Å². The zero-order chi connectivity index (χ0) is 17.4. The third kappa shape index (κ3) is 2.64. The predicted molar refractivity (Wildman–Crippen MR) is 98.8 cm³/mol. The Balaban J connectivity index is 1.86. The summed E-state index contributed by atoms with van der Waals surface area (Å²) in [6, 6.07) is 10.5. The lowest BCUT2D eigenvalue weighted by molar-refractivity contribution is 0.0804. The largest absolute Gasteiger partial charge is 0.342 e. The van der Waals surface area contributed by atoms with Gasteiger partial charge in [0, 0.05) is 26.0 Å². The summed E-state index contributed by atoms with van der Waals surface area (Å²) in [4.78, 5) is 14.6. The van der Waals surface area contributed by atoms with Crippen LogP contribution in [0.5, 0.6) is 0 Å². The molecule has 3 aromatic rings. The highest BCUT2D eigenvalue weighted by molar-refractivity contribution is 6.02. The molecular weight excluding hydrogens is 312 g/mol. The third-order valence-electron chi connectivity index (χ3n) is 5.33. The van der Waals surface area contributed by atoms with Gasteiger partial charge in [0.05, 0.1) is 28.5 Å². The fourth-order valence-electron chi connectivity index (χ4n) is 3.83. The van der Waals surface area contributed by atoms with E-state index in [4.69, 9.17) is 0 Å². The highest BCUT2D eigenvalue weighted by Gasteiger charge is 2.24. The first-order valence-electron chi connectivity index (χ1n) is 9.10. The third-order valence-corrected chi connectivity index (χ3v) is 5.33. The van der Waals surface area contributed by atoms with Crippen molar-refractivity contribution >= 4 is 11.4 Å². The molecule has 25 heavy (non-hydrogen) atoms. The number of carbonyl (C=O) groups excluding carboxylic acids is 1. The van der Waals surface area contributed by atoms with E-state index in [1.165, 1.54) is 25.7 Å². The highest BCUT2D eigenvalue weighted by atomic mass is 16.2. The zero-order valence-corrected chi connectivity index (χ0v) is 14.9. The van der Waals surface area contributed by atoms with Gasteiger partial charge in [-0.15, -0.1) is 0 Å². The molecule has 3 heterocycles. The average molecular weight is 336 g/mol. The maximum absolute atomic E-state index is 12.8. The van der Waals surface area contributed by atoms with Crippen LogP contribution >= 0.6 is 0 Å². The summed E-state index contributed by atoms with van der Waals surface area (Å²) in [6.45, 7) is 2.69. The van der Waals surface area contributed by atoms with Crippen LogP contribution in [0.2, 0.25) is 0 Å². The number of carbonyl (C=O) groups is 1. The Morgan fingerprint density at radius 3 is 2.80 bits per heavy atom. The summed E-state index contributed by atoms with van der Waals surface area (Å²) in [7, 11) is 1.84. The lowest BCUT2D eigenvalue weighted by Crippen LogP contribution is -2.25. The van der Waals surface area contributed by atoms with Crippen molar-refractivity contribution in [2.45, 2.75) is 38.6 Å². The van der Waals surface area contributed by atoms with Crippen LogP contribution in [0.25, 0.3) is 16.9 Å². The van der Waals surface area contributed by atoms with Gasteiger partial charge in [-0.1, -0.05) is 18.9 Å². The van der Waals surface area contributed by atoms with Crippen LogP contribution in [0.1, 0.15) is 49.0 Å². The van der Waals surface area contributed by atoms with Crippen molar-refractivity contribution < 1.29 is 4.79 Å². The Kier molecular flexibility index (Phi) is 4.07. The molecule has 0 unspecified atom stereocenters. The fourth-order valence-corrected chi connectivity index (χ4v) is 3.83. The number of hydrogen-bond acceptors (Lipinski definition) is 2. The molecule has 0 spiro atoms. The van der Waals surface area contributed by atoms with Gasteiger partial charge in [-0.2, -0.15) is 5.10 Å². The van der Waals surface area contributed by atoms with Gasteiger partial charge in [0.2, 0.25) is 0 Å². The van der Waals surface area contributed by atoms with Crippen LogP contribution in [0.15, 0.2) is 42.7 Å². The van der Waals surface area contributed by atoms with Gasteiger partial charge in [0.25, 0.3) is 5.91 Å². The molecule has 1 amide bonds. The average Bonchev–Trinajstić information content (AvgIpc) is 3.37. The molecule has 0 aromatic carbocycles. The lowest BCUT2D eigenvalue weighted by atomic mass is 10.2. The van der Waals surface area contributed by atoms with Crippen LogP contribution in [0.4, 0.5) is 0 Å². The van der Waals surface area contributed by atoms with E-state index in [-0.39, 0.29) is 5.91 Å². The van der Waals surface area contributed by atoms with Crippen molar-refractivity contribution in [2.75, 3.05) is 13.6 Å². The lowest BCUT2D eigenvalue weighted by Gasteiger charge is -2.14. The maximum atomic E-state index is 12.8. The van der Waals surface area contributed by atoms with Crippen LogP contribution in [-0.4, -0.2) is 38.6 Å². The SMILES string of the molecule is CCN(C)C(=O)c1cc(-c2ccnn2C2CCCC2)n2ccccc12. The number of hydrogen-bond donors (Lipinski definition) is 0. The van der Waals surface area contributed by atoms with Crippen molar-refractivity contribution in [3.05, 3.63) is 48.3 Å². The van der Waals surface area contributed by atoms with Crippen molar-refractivity contribution in [1.82, 2.24) is 19.1 Å². The minimum absolute atomic E-state index is 0.0596. The zero-order valence-electron chi connectivity index (χ0n) is 14.9. The highest BCUT2D eigenvalue weighted by Crippen LogP contribution is 2.34. The molecule has 130 valence electrons. The Bertz CT molecular complexity index is 901.